The summed E-state index contributed by atoms with van der Waals surface area (Å²) < 4.78 is 19.6. The second kappa shape index (κ2) is 9.57. The van der Waals surface area contributed by atoms with E-state index in [0.717, 1.165) is 11.8 Å². The van der Waals surface area contributed by atoms with Crippen molar-refractivity contribution < 1.29 is 18.4 Å². The van der Waals surface area contributed by atoms with Crippen LogP contribution in [0.2, 0.25) is 0 Å². The zero-order valence-electron chi connectivity index (χ0n) is 17.4. The smallest absolute Gasteiger partial charge is 0.257 e. The molecule has 0 saturated carbocycles. The Labute approximate surface area is 192 Å². The average Bonchev–Trinajstić information content (AvgIpc) is 3.39. The molecule has 4 rings (SSSR count). The van der Waals surface area contributed by atoms with Gasteiger partial charge in [0.05, 0.1) is 28.8 Å². The lowest BCUT2D eigenvalue weighted by Crippen LogP contribution is -2.20. The quantitative estimate of drug-likeness (QED) is 0.280. The molecule has 0 spiro atoms. The molecule has 0 aliphatic carbocycles. The third kappa shape index (κ3) is 5.04. The Kier molecular flexibility index (Phi) is 6.41. The largest absolute Gasteiger partial charge is 0.469 e. The number of carbonyl (C=O) groups excluding carboxylic acids is 2. The number of para-hydroxylation sites is 1. The van der Waals surface area contributed by atoms with Gasteiger partial charge in [0.2, 0.25) is 11.1 Å². The summed E-state index contributed by atoms with van der Waals surface area (Å²) in [6.07, 6.45) is 1.53. The van der Waals surface area contributed by atoms with Crippen molar-refractivity contribution in [1.29, 1.82) is 0 Å². The van der Waals surface area contributed by atoms with Crippen molar-refractivity contribution in [2.24, 2.45) is 0 Å². The molecule has 0 atom stereocenters. The van der Waals surface area contributed by atoms with Crippen molar-refractivity contribution in [3.05, 3.63) is 78.0 Å². The van der Waals surface area contributed by atoms with Gasteiger partial charge in [-0.2, -0.15) is 0 Å². The van der Waals surface area contributed by atoms with E-state index in [9.17, 15) is 14.0 Å². The molecule has 33 heavy (non-hydrogen) atoms. The highest BCUT2D eigenvalue weighted by molar-refractivity contribution is 7.99. The monoisotopic (exact) mass is 466 g/mol. The minimum absolute atomic E-state index is 0.00633. The van der Waals surface area contributed by atoms with Gasteiger partial charge in [0.25, 0.3) is 5.91 Å². The van der Waals surface area contributed by atoms with Gasteiger partial charge < -0.3 is 20.9 Å². The van der Waals surface area contributed by atoms with Crippen LogP contribution in [0.25, 0.3) is 11.4 Å². The van der Waals surface area contributed by atoms with Crippen LogP contribution in [0.15, 0.2) is 70.4 Å². The van der Waals surface area contributed by atoms with E-state index >= 15 is 0 Å². The average molecular weight is 466 g/mol. The molecule has 2 aromatic heterocycles. The molecule has 4 N–H and O–H groups in total. The van der Waals surface area contributed by atoms with Gasteiger partial charge >= 0.3 is 0 Å². The fourth-order valence-electron chi connectivity index (χ4n) is 3.01. The number of hydrogen-bond acceptors (Lipinski definition) is 7. The highest BCUT2D eigenvalue weighted by Gasteiger charge is 2.18. The van der Waals surface area contributed by atoms with Crippen molar-refractivity contribution in [3.8, 4) is 11.4 Å². The first kappa shape index (κ1) is 22.1. The summed E-state index contributed by atoms with van der Waals surface area (Å²) in [7, 11) is 0. The number of thioether (sulfide) groups is 1. The normalized spacial score (nSPS) is 10.7. The number of carbonyl (C=O) groups is 2. The van der Waals surface area contributed by atoms with Crippen LogP contribution in [0.4, 0.5) is 15.8 Å². The molecule has 0 aliphatic rings. The van der Waals surface area contributed by atoms with Crippen molar-refractivity contribution in [3.63, 3.8) is 0 Å². The van der Waals surface area contributed by atoms with Crippen molar-refractivity contribution >= 4 is 35.0 Å². The minimum Gasteiger partial charge on any atom is -0.469 e. The van der Waals surface area contributed by atoms with Crippen LogP contribution >= 0.6 is 11.8 Å². The Morgan fingerprint density at radius 3 is 2.58 bits per heavy atom. The van der Waals surface area contributed by atoms with Crippen LogP contribution < -0.4 is 16.5 Å². The lowest BCUT2D eigenvalue weighted by molar-refractivity contribution is -0.113. The molecular formula is C22H19FN6O3S. The molecule has 168 valence electrons. The zero-order chi connectivity index (χ0) is 23.4. The molecule has 0 saturated heterocycles. The Hall–Kier alpha value is -4.12. The first-order chi connectivity index (χ1) is 15.9. The molecule has 0 unspecified atom stereocenters. The highest BCUT2D eigenvalue weighted by atomic mass is 32.2. The molecule has 2 amide bonds. The van der Waals surface area contributed by atoms with Gasteiger partial charge in [-0.15, -0.1) is 10.2 Å². The number of rotatable bonds is 7. The molecule has 4 aromatic rings. The fraction of sp³-hybridized carbons (Fsp3) is 0.0909. The van der Waals surface area contributed by atoms with Gasteiger partial charge in [0.15, 0.2) is 5.82 Å². The topological polar surface area (TPSA) is 128 Å². The molecule has 0 bridgehead atoms. The van der Waals surface area contributed by atoms with Gasteiger partial charge in [0.1, 0.15) is 11.6 Å². The summed E-state index contributed by atoms with van der Waals surface area (Å²) in [6.45, 7) is 1.79. The van der Waals surface area contributed by atoms with Crippen LogP contribution in [0.1, 0.15) is 16.1 Å². The SMILES string of the molecule is Cc1occc1-c1nnc(SCC(=O)Nc2ccccc2C(=O)Nc2ccc(F)cc2)n1N. The van der Waals surface area contributed by atoms with E-state index in [1.54, 1.807) is 37.3 Å². The fourth-order valence-corrected chi connectivity index (χ4v) is 3.67. The maximum atomic E-state index is 13.1. The second-order valence-electron chi connectivity index (χ2n) is 6.91. The number of nitrogen functional groups attached to an aromatic ring is 1. The standard InChI is InChI=1S/C22H19FN6O3S/c1-13-16(10-11-32-13)20-27-28-22(29(20)24)33-12-19(30)26-18-5-3-2-4-17(18)21(31)25-15-8-6-14(23)7-9-15/h2-11H,12,24H2,1H3,(H,25,31)(H,26,30). The molecule has 2 heterocycles. The minimum atomic E-state index is -0.438. The summed E-state index contributed by atoms with van der Waals surface area (Å²) >= 11 is 1.10. The van der Waals surface area contributed by atoms with Crippen LogP contribution in [0.3, 0.4) is 0 Å². The van der Waals surface area contributed by atoms with Crippen LogP contribution in [0.5, 0.6) is 0 Å². The molecule has 9 nitrogen and oxygen atoms in total. The number of hydrogen-bond donors (Lipinski definition) is 3. The van der Waals surface area contributed by atoms with E-state index in [2.05, 4.69) is 20.8 Å². The highest BCUT2D eigenvalue weighted by Crippen LogP contribution is 2.25. The lowest BCUT2D eigenvalue weighted by Gasteiger charge is -2.11. The number of nitrogens with two attached hydrogens (primary N) is 1. The predicted molar refractivity (Wildman–Crippen MR) is 123 cm³/mol. The second-order valence-corrected chi connectivity index (χ2v) is 7.85. The number of aryl methyl sites for hydroxylation is 1. The van der Waals surface area contributed by atoms with Crippen molar-refractivity contribution in [2.45, 2.75) is 12.1 Å². The number of benzene rings is 2. The first-order valence-electron chi connectivity index (χ1n) is 9.76. The molecule has 0 fully saturated rings. The summed E-state index contributed by atoms with van der Waals surface area (Å²) in [5.74, 6) is 5.94. The maximum Gasteiger partial charge on any atom is 0.257 e. The van der Waals surface area contributed by atoms with E-state index in [1.165, 1.54) is 35.2 Å². The van der Waals surface area contributed by atoms with Gasteiger partial charge in [0, 0.05) is 5.69 Å². The van der Waals surface area contributed by atoms with E-state index in [-0.39, 0.29) is 17.2 Å². The third-order valence-electron chi connectivity index (χ3n) is 4.64. The van der Waals surface area contributed by atoms with Crippen LogP contribution in [-0.2, 0) is 4.79 Å². The maximum absolute atomic E-state index is 13.1. The van der Waals surface area contributed by atoms with Gasteiger partial charge in [-0.1, -0.05) is 23.9 Å². The number of aromatic nitrogens is 3. The van der Waals surface area contributed by atoms with Crippen LogP contribution in [-0.4, -0.2) is 32.4 Å². The molecule has 2 aromatic carbocycles. The van der Waals surface area contributed by atoms with Crippen LogP contribution in [0, 0.1) is 12.7 Å². The third-order valence-corrected chi connectivity index (χ3v) is 5.59. The van der Waals surface area contributed by atoms with Gasteiger partial charge in [-0.05, 0) is 49.4 Å². The van der Waals surface area contributed by atoms with E-state index in [0.29, 0.717) is 33.7 Å². The molecule has 0 aliphatic heterocycles. The lowest BCUT2D eigenvalue weighted by atomic mass is 10.1. The van der Waals surface area contributed by atoms with Crippen molar-refractivity contribution in [2.75, 3.05) is 22.2 Å². The number of anilines is 2. The zero-order valence-corrected chi connectivity index (χ0v) is 18.2. The van der Waals surface area contributed by atoms with E-state index in [4.69, 9.17) is 10.3 Å². The number of nitrogens with zero attached hydrogens (tertiary/aromatic N) is 3. The Morgan fingerprint density at radius 2 is 1.85 bits per heavy atom. The van der Waals surface area contributed by atoms with E-state index in [1.807, 2.05) is 0 Å². The van der Waals surface area contributed by atoms with Crippen molar-refractivity contribution in [1.82, 2.24) is 14.9 Å². The summed E-state index contributed by atoms with van der Waals surface area (Å²) in [6, 6.07) is 13.7. The Balaban J connectivity index is 1.40. The number of halogens is 1. The Morgan fingerprint density at radius 1 is 1.09 bits per heavy atom. The predicted octanol–water partition coefficient (Wildman–Crippen LogP) is 3.68. The summed E-state index contributed by atoms with van der Waals surface area (Å²) in [5.41, 5.74) is 1.75. The molecule has 11 heteroatoms. The summed E-state index contributed by atoms with van der Waals surface area (Å²) in [5, 5.41) is 13.8. The molecule has 0 radical (unpaired) electrons. The Bertz CT molecular complexity index is 1300. The summed E-state index contributed by atoms with van der Waals surface area (Å²) in [4.78, 5) is 25.2. The van der Waals surface area contributed by atoms with E-state index < -0.39 is 11.7 Å². The van der Waals surface area contributed by atoms with Gasteiger partial charge in [-0.3, -0.25) is 9.59 Å². The number of amides is 2. The molecular weight excluding hydrogens is 447 g/mol. The number of nitrogens with one attached hydrogen (secondary N) is 2. The number of furan rings is 1. The first-order valence-corrected chi connectivity index (χ1v) is 10.7. The van der Waals surface area contributed by atoms with Gasteiger partial charge in [-0.25, -0.2) is 9.07 Å².